The first-order valence-electron chi connectivity index (χ1n) is 15.1. The van der Waals surface area contributed by atoms with Crippen molar-refractivity contribution < 1.29 is 24.5 Å². The number of carbonyl (C=O) groups is 1. The Kier molecular flexibility index (Phi) is 13.4. The highest BCUT2D eigenvalue weighted by molar-refractivity contribution is 6.02. The predicted molar refractivity (Wildman–Crippen MR) is 154 cm³/mol. The van der Waals surface area contributed by atoms with Gasteiger partial charge in [0.1, 0.15) is 34.7 Å². The van der Waals surface area contributed by atoms with Crippen molar-refractivity contribution in [2.45, 2.75) is 122 Å². The van der Waals surface area contributed by atoms with Gasteiger partial charge in [0.05, 0.1) is 13.0 Å². The predicted octanol–water partition coefficient (Wildman–Crippen LogP) is 9.44. The molecule has 210 valence electrons. The van der Waals surface area contributed by atoms with Crippen LogP contribution < -0.4 is 9.47 Å². The molecule has 0 radical (unpaired) electrons. The summed E-state index contributed by atoms with van der Waals surface area (Å²) < 4.78 is 11.9. The number of benzene rings is 2. The van der Waals surface area contributed by atoms with Crippen LogP contribution in [-0.4, -0.2) is 22.6 Å². The lowest BCUT2D eigenvalue weighted by Gasteiger charge is -2.26. The molecule has 0 amide bonds. The first-order chi connectivity index (χ1) is 18.6. The van der Waals surface area contributed by atoms with E-state index in [9.17, 15) is 15.0 Å². The molecule has 0 aromatic heterocycles. The Balaban J connectivity index is 1.25. The molecule has 5 nitrogen and oxygen atoms in total. The number of fused-ring (bicyclic) bond motifs is 1. The maximum absolute atomic E-state index is 12.7. The Morgan fingerprint density at radius 1 is 0.763 bits per heavy atom. The first-order valence-corrected chi connectivity index (χ1v) is 15.1. The molecule has 1 heterocycles. The molecule has 2 aromatic carbocycles. The van der Waals surface area contributed by atoms with E-state index < -0.39 is 6.10 Å². The molecular formula is C33H48O5. The molecule has 0 saturated heterocycles. The summed E-state index contributed by atoms with van der Waals surface area (Å²) in [5.74, 6) is 0.770. The molecule has 1 atom stereocenters. The summed E-state index contributed by atoms with van der Waals surface area (Å²) in [6.45, 7) is 2.85. The number of ketones is 1. The fourth-order valence-electron chi connectivity index (χ4n) is 5.21. The van der Waals surface area contributed by atoms with E-state index in [0.717, 1.165) is 18.4 Å². The summed E-state index contributed by atoms with van der Waals surface area (Å²) in [4.78, 5) is 12.7. The highest BCUT2D eigenvalue weighted by Gasteiger charge is 2.31. The normalized spacial score (nSPS) is 14.8. The van der Waals surface area contributed by atoms with Crippen molar-refractivity contribution in [3.05, 3.63) is 47.5 Å². The third-order valence-corrected chi connectivity index (χ3v) is 7.51. The van der Waals surface area contributed by atoms with Gasteiger partial charge in [-0.05, 0) is 24.1 Å². The maximum Gasteiger partial charge on any atom is 0.174 e. The van der Waals surface area contributed by atoms with Gasteiger partial charge < -0.3 is 19.7 Å². The summed E-state index contributed by atoms with van der Waals surface area (Å²) in [6.07, 6.45) is 21.0. The van der Waals surface area contributed by atoms with E-state index in [1.54, 1.807) is 30.3 Å². The van der Waals surface area contributed by atoms with Gasteiger partial charge in [0.15, 0.2) is 5.78 Å². The largest absolute Gasteiger partial charge is 0.508 e. The van der Waals surface area contributed by atoms with Crippen molar-refractivity contribution >= 4 is 5.78 Å². The van der Waals surface area contributed by atoms with Gasteiger partial charge in [-0.2, -0.15) is 0 Å². The van der Waals surface area contributed by atoms with Crippen LogP contribution in [0.3, 0.4) is 0 Å². The molecule has 0 saturated carbocycles. The molecule has 38 heavy (non-hydrogen) atoms. The van der Waals surface area contributed by atoms with Crippen molar-refractivity contribution in [1.82, 2.24) is 0 Å². The maximum atomic E-state index is 12.7. The minimum absolute atomic E-state index is 0.0985. The van der Waals surface area contributed by atoms with Crippen LogP contribution in [0.25, 0.3) is 0 Å². The zero-order valence-corrected chi connectivity index (χ0v) is 23.4. The summed E-state index contributed by atoms with van der Waals surface area (Å²) in [5, 5.41) is 20.0. The van der Waals surface area contributed by atoms with Crippen molar-refractivity contribution in [3.63, 3.8) is 0 Å². The van der Waals surface area contributed by atoms with E-state index in [-0.39, 0.29) is 29.3 Å². The van der Waals surface area contributed by atoms with Crippen LogP contribution in [0.2, 0.25) is 0 Å². The van der Waals surface area contributed by atoms with Gasteiger partial charge in [-0.1, -0.05) is 115 Å². The van der Waals surface area contributed by atoms with E-state index in [4.69, 9.17) is 9.47 Å². The molecule has 2 aromatic rings. The SMILES string of the molecule is CCCCCCCCCCCCCCCCCCOc1cc(O)c2c(c1)OC(c1ccc(O)cc1)CC2=O. The Labute approximate surface area is 229 Å². The lowest BCUT2D eigenvalue weighted by Crippen LogP contribution is -2.20. The fraction of sp³-hybridized carbons (Fsp3) is 0.606. The number of hydrogen-bond donors (Lipinski definition) is 2. The first kappa shape index (κ1) is 29.9. The minimum Gasteiger partial charge on any atom is -0.508 e. The topological polar surface area (TPSA) is 76.0 Å². The zero-order chi connectivity index (χ0) is 27.0. The number of Topliss-reactive ketones (excluding diaryl/α,β-unsaturated/α-hetero) is 1. The molecule has 0 bridgehead atoms. The molecule has 1 unspecified atom stereocenters. The van der Waals surface area contributed by atoms with Crippen LogP contribution in [0.5, 0.6) is 23.0 Å². The van der Waals surface area contributed by atoms with Gasteiger partial charge in [-0.15, -0.1) is 0 Å². The number of ether oxygens (including phenoxy) is 2. The van der Waals surface area contributed by atoms with Crippen LogP contribution in [0, 0.1) is 0 Å². The molecule has 3 rings (SSSR count). The van der Waals surface area contributed by atoms with Crippen LogP contribution >= 0.6 is 0 Å². The Bertz CT molecular complexity index is 953. The number of phenolic OH excluding ortho intramolecular Hbond substituents is 2. The average molecular weight is 525 g/mol. The lowest BCUT2D eigenvalue weighted by atomic mass is 9.95. The van der Waals surface area contributed by atoms with Crippen LogP contribution in [0.15, 0.2) is 36.4 Å². The zero-order valence-electron chi connectivity index (χ0n) is 23.4. The second-order valence-electron chi connectivity index (χ2n) is 10.8. The standard InChI is InChI=1S/C33H48O5/c1-2-3-4-5-6-7-8-9-10-11-12-13-14-15-16-17-22-37-28-23-29(35)33-30(36)25-31(38-32(33)24-28)26-18-20-27(34)21-19-26/h18-21,23-24,31,34-35H,2-17,22,25H2,1H3. The molecule has 1 aliphatic heterocycles. The summed E-state index contributed by atoms with van der Waals surface area (Å²) >= 11 is 0. The molecule has 2 N–H and O–H groups in total. The quantitative estimate of drug-likeness (QED) is 0.179. The monoisotopic (exact) mass is 524 g/mol. The highest BCUT2D eigenvalue weighted by Crippen LogP contribution is 2.42. The van der Waals surface area contributed by atoms with Crippen molar-refractivity contribution in [3.8, 4) is 23.0 Å². The number of carbonyl (C=O) groups excluding carboxylic acids is 1. The number of rotatable bonds is 19. The van der Waals surface area contributed by atoms with E-state index in [0.29, 0.717) is 18.1 Å². The number of phenols is 2. The second kappa shape index (κ2) is 17.0. The molecule has 5 heteroatoms. The van der Waals surface area contributed by atoms with Gasteiger partial charge in [0, 0.05) is 12.1 Å². The van der Waals surface area contributed by atoms with Gasteiger partial charge in [-0.25, -0.2) is 0 Å². The lowest BCUT2D eigenvalue weighted by molar-refractivity contribution is 0.0844. The number of aromatic hydroxyl groups is 2. The van der Waals surface area contributed by atoms with Crippen LogP contribution in [0.1, 0.15) is 138 Å². The Morgan fingerprint density at radius 3 is 1.84 bits per heavy atom. The number of unbranched alkanes of at least 4 members (excludes halogenated alkanes) is 15. The molecular weight excluding hydrogens is 476 g/mol. The van der Waals surface area contributed by atoms with E-state index in [1.807, 2.05) is 0 Å². The van der Waals surface area contributed by atoms with Crippen molar-refractivity contribution in [2.24, 2.45) is 0 Å². The van der Waals surface area contributed by atoms with E-state index in [2.05, 4.69) is 6.92 Å². The van der Waals surface area contributed by atoms with Gasteiger partial charge in [0.2, 0.25) is 0 Å². The third-order valence-electron chi connectivity index (χ3n) is 7.51. The van der Waals surface area contributed by atoms with Gasteiger partial charge >= 0.3 is 0 Å². The van der Waals surface area contributed by atoms with Gasteiger partial charge in [0.25, 0.3) is 0 Å². The molecule has 0 aliphatic carbocycles. The Hall–Kier alpha value is -2.69. The number of hydrogen-bond acceptors (Lipinski definition) is 5. The molecule has 0 fully saturated rings. The summed E-state index contributed by atoms with van der Waals surface area (Å²) in [7, 11) is 0. The average Bonchev–Trinajstić information content (AvgIpc) is 2.90. The Morgan fingerprint density at radius 2 is 1.29 bits per heavy atom. The van der Waals surface area contributed by atoms with E-state index in [1.165, 1.54) is 96.0 Å². The highest BCUT2D eigenvalue weighted by atomic mass is 16.5. The second-order valence-corrected chi connectivity index (χ2v) is 10.8. The van der Waals surface area contributed by atoms with Crippen LogP contribution in [0.4, 0.5) is 0 Å². The molecule has 0 spiro atoms. The summed E-state index contributed by atoms with van der Waals surface area (Å²) in [5.41, 5.74) is 1.02. The van der Waals surface area contributed by atoms with Crippen LogP contribution in [-0.2, 0) is 0 Å². The fourth-order valence-corrected chi connectivity index (χ4v) is 5.21. The summed E-state index contributed by atoms with van der Waals surface area (Å²) in [6, 6.07) is 9.85. The minimum atomic E-state index is -0.453. The smallest absolute Gasteiger partial charge is 0.174 e. The van der Waals surface area contributed by atoms with Crippen molar-refractivity contribution in [1.29, 1.82) is 0 Å². The van der Waals surface area contributed by atoms with Gasteiger partial charge in [-0.3, -0.25) is 4.79 Å². The molecule has 1 aliphatic rings. The third kappa shape index (κ3) is 10.2. The van der Waals surface area contributed by atoms with Crippen molar-refractivity contribution in [2.75, 3.05) is 6.61 Å². The van der Waals surface area contributed by atoms with E-state index >= 15 is 0 Å².